The van der Waals surface area contributed by atoms with Crippen molar-refractivity contribution in [3.8, 4) is 5.75 Å². The molecule has 1 aromatic rings. The molecule has 9 heteroatoms. The van der Waals surface area contributed by atoms with Gasteiger partial charge in [0.2, 0.25) is 0 Å². The van der Waals surface area contributed by atoms with Crippen LogP contribution in [0.25, 0.3) is 0 Å². The summed E-state index contributed by atoms with van der Waals surface area (Å²) in [6.45, 7) is -1.66. The maximum absolute atomic E-state index is 13.5. The van der Waals surface area contributed by atoms with Crippen molar-refractivity contribution in [3.63, 3.8) is 0 Å². The first-order chi connectivity index (χ1) is 9.83. The highest BCUT2D eigenvalue weighted by Crippen LogP contribution is 2.21. The van der Waals surface area contributed by atoms with Gasteiger partial charge in [0, 0.05) is 6.07 Å². The number of carbonyl (C=O) groups excluding carboxylic acids is 1. The average molecular weight is 300 g/mol. The van der Waals surface area contributed by atoms with Crippen LogP contribution in [0.5, 0.6) is 5.75 Å². The molecule has 1 rings (SSSR count). The number of nitrogens with zero attached hydrogens (tertiary/aromatic N) is 1. The van der Waals surface area contributed by atoms with Crippen LogP contribution in [0.3, 0.4) is 0 Å². The van der Waals surface area contributed by atoms with Gasteiger partial charge in [-0.1, -0.05) is 0 Å². The van der Waals surface area contributed by atoms with Gasteiger partial charge in [0.1, 0.15) is 24.7 Å². The molecular formula is C12H13FN2O6. The second-order valence-electron chi connectivity index (χ2n) is 3.92. The molecule has 0 aromatic heterocycles. The van der Waals surface area contributed by atoms with Gasteiger partial charge in [-0.25, -0.2) is 9.18 Å². The number of anilines is 1. The summed E-state index contributed by atoms with van der Waals surface area (Å²) in [6, 6.07) is 2.52. The Hall–Kier alpha value is -2.84. The molecule has 2 amide bonds. The lowest BCUT2D eigenvalue weighted by atomic mass is 10.3. The molecule has 0 atom stereocenters. The van der Waals surface area contributed by atoms with Gasteiger partial charge < -0.3 is 25.2 Å². The van der Waals surface area contributed by atoms with Crippen LogP contribution in [0.2, 0.25) is 0 Å². The molecule has 8 nitrogen and oxygen atoms in total. The Morgan fingerprint density at radius 2 is 1.81 bits per heavy atom. The smallest absolute Gasteiger partial charge is 0.323 e. The highest BCUT2D eigenvalue weighted by atomic mass is 19.1. The summed E-state index contributed by atoms with van der Waals surface area (Å²) >= 11 is 0. The van der Waals surface area contributed by atoms with Crippen LogP contribution in [0.15, 0.2) is 18.2 Å². The normalized spacial score (nSPS) is 9.81. The van der Waals surface area contributed by atoms with E-state index >= 15 is 0 Å². The lowest BCUT2D eigenvalue weighted by Gasteiger charge is -2.19. The molecule has 1 aromatic carbocycles. The number of hydrogen-bond acceptors (Lipinski definition) is 4. The highest BCUT2D eigenvalue weighted by molar-refractivity contribution is 5.93. The quantitative estimate of drug-likeness (QED) is 0.716. The van der Waals surface area contributed by atoms with Crippen molar-refractivity contribution < 1.29 is 33.7 Å². The fourth-order valence-corrected chi connectivity index (χ4v) is 1.45. The van der Waals surface area contributed by atoms with E-state index in [1.165, 1.54) is 19.2 Å². The lowest BCUT2D eigenvalue weighted by Crippen LogP contribution is -2.42. The average Bonchev–Trinajstić information content (AvgIpc) is 2.39. The Bertz CT molecular complexity index is 547. The number of aliphatic carboxylic acids is 2. The molecule has 0 aliphatic carbocycles. The fourth-order valence-electron chi connectivity index (χ4n) is 1.45. The van der Waals surface area contributed by atoms with Gasteiger partial charge in [0.05, 0.1) is 12.8 Å². The topological polar surface area (TPSA) is 116 Å². The van der Waals surface area contributed by atoms with Crippen molar-refractivity contribution in [3.05, 3.63) is 24.0 Å². The number of benzene rings is 1. The summed E-state index contributed by atoms with van der Waals surface area (Å²) < 4.78 is 18.4. The van der Waals surface area contributed by atoms with Gasteiger partial charge in [-0.3, -0.25) is 9.59 Å². The van der Waals surface area contributed by atoms with Gasteiger partial charge in [0.25, 0.3) is 0 Å². The number of carboxylic acid groups (broad SMARTS) is 2. The third-order valence-corrected chi connectivity index (χ3v) is 2.35. The van der Waals surface area contributed by atoms with Crippen molar-refractivity contribution >= 4 is 23.7 Å². The van der Waals surface area contributed by atoms with Crippen molar-refractivity contribution in [1.82, 2.24) is 4.90 Å². The van der Waals surface area contributed by atoms with Crippen molar-refractivity contribution in [2.75, 3.05) is 25.5 Å². The molecule has 0 aliphatic heterocycles. The number of carbonyl (C=O) groups is 3. The molecule has 0 saturated carbocycles. The van der Waals surface area contributed by atoms with Gasteiger partial charge >= 0.3 is 18.0 Å². The number of nitrogens with one attached hydrogen (secondary N) is 1. The predicted octanol–water partition coefficient (Wildman–Crippen LogP) is 0.837. The highest BCUT2D eigenvalue weighted by Gasteiger charge is 2.20. The van der Waals surface area contributed by atoms with Crippen LogP contribution in [0.1, 0.15) is 0 Å². The minimum absolute atomic E-state index is 0.250. The second-order valence-corrected chi connectivity index (χ2v) is 3.92. The first kappa shape index (κ1) is 16.2. The van der Waals surface area contributed by atoms with Crippen molar-refractivity contribution in [2.45, 2.75) is 0 Å². The van der Waals surface area contributed by atoms with E-state index in [-0.39, 0.29) is 11.4 Å². The largest absolute Gasteiger partial charge is 0.497 e. The fraction of sp³-hybridized carbons (Fsp3) is 0.250. The number of methoxy groups -OCH3 is 1. The third kappa shape index (κ3) is 4.97. The molecule has 0 fully saturated rings. The van der Waals surface area contributed by atoms with E-state index in [0.717, 1.165) is 6.07 Å². The van der Waals surface area contributed by atoms with Crippen LogP contribution in [-0.4, -0.2) is 53.3 Å². The van der Waals surface area contributed by atoms with Gasteiger partial charge in [-0.05, 0) is 12.1 Å². The van der Waals surface area contributed by atoms with E-state index in [1.54, 1.807) is 0 Å². The maximum atomic E-state index is 13.5. The lowest BCUT2D eigenvalue weighted by molar-refractivity contribution is -0.140. The summed E-state index contributed by atoms with van der Waals surface area (Å²) in [5, 5.41) is 19.4. The Balaban J connectivity index is 2.89. The van der Waals surface area contributed by atoms with E-state index in [9.17, 15) is 18.8 Å². The molecule has 0 spiro atoms. The van der Waals surface area contributed by atoms with Crippen LogP contribution in [0.4, 0.5) is 14.9 Å². The predicted molar refractivity (Wildman–Crippen MR) is 68.8 cm³/mol. The molecule has 0 radical (unpaired) electrons. The summed E-state index contributed by atoms with van der Waals surface area (Å²) in [5.74, 6) is -3.28. The van der Waals surface area contributed by atoms with Crippen LogP contribution in [-0.2, 0) is 9.59 Å². The monoisotopic (exact) mass is 300 g/mol. The van der Waals surface area contributed by atoms with Crippen LogP contribution >= 0.6 is 0 Å². The zero-order valence-corrected chi connectivity index (χ0v) is 11.0. The first-order valence-electron chi connectivity index (χ1n) is 5.66. The maximum Gasteiger partial charge on any atom is 0.323 e. The molecule has 3 N–H and O–H groups in total. The third-order valence-electron chi connectivity index (χ3n) is 2.35. The van der Waals surface area contributed by atoms with E-state index in [1.807, 2.05) is 0 Å². The number of ether oxygens (including phenoxy) is 1. The van der Waals surface area contributed by atoms with E-state index in [4.69, 9.17) is 14.9 Å². The zero-order valence-electron chi connectivity index (χ0n) is 11.0. The molecule has 0 saturated heterocycles. The van der Waals surface area contributed by atoms with Crippen LogP contribution in [0, 0.1) is 5.82 Å². The molecule has 114 valence electrons. The van der Waals surface area contributed by atoms with Gasteiger partial charge in [-0.15, -0.1) is 0 Å². The minimum Gasteiger partial charge on any atom is -0.497 e. The Morgan fingerprint density at radius 1 is 1.24 bits per heavy atom. The molecule has 0 bridgehead atoms. The summed E-state index contributed by atoms with van der Waals surface area (Å²) in [5.41, 5.74) is -0.250. The Morgan fingerprint density at radius 3 is 2.29 bits per heavy atom. The van der Waals surface area contributed by atoms with E-state index in [0.29, 0.717) is 4.90 Å². The number of urea groups is 1. The summed E-state index contributed by atoms with van der Waals surface area (Å²) in [7, 11) is 1.35. The number of rotatable bonds is 6. The molecule has 21 heavy (non-hydrogen) atoms. The second kappa shape index (κ2) is 7.08. The van der Waals surface area contributed by atoms with E-state index < -0.39 is 36.9 Å². The van der Waals surface area contributed by atoms with E-state index in [2.05, 4.69) is 5.32 Å². The van der Waals surface area contributed by atoms with Gasteiger partial charge in [0.15, 0.2) is 0 Å². The molecule has 0 unspecified atom stereocenters. The van der Waals surface area contributed by atoms with Crippen molar-refractivity contribution in [2.24, 2.45) is 0 Å². The SMILES string of the molecule is COc1ccc(F)c(NC(=O)N(CC(=O)O)CC(=O)O)c1. The molecular weight excluding hydrogens is 287 g/mol. The number of amides is 2. The number of hydrogen-bond donors (Lipinski definition) is 3. The summed E-state index contributed by atoms with van der Waals surface area (Å²) in [6.07, 6.45) is 0. The Kier molecular flexibility index (Phi) is 5.47. The molecule has 0 aliphatic rings. The number of carboxylic acids is 2. The zero-order chi connectivity index (χ0) is 16.0. The minimum atomic E-state index is -1.39. The Labute approximate surface area is 118 Å². The van der Waals surface area contributed by atoms with Crippen molar-refractivity contribution in [1.29, 1.82) is 0 Å². The first-order valence-corrected chi connectivity index (χ1v) is 5.66. The standard InChI is InChI=1S/C12H13FN2O6/c1-21-7-2-3-8(13)9(4-7)14-12(20)15(5-10(16)17)6-11(18)19/h2-4H,5-6H2,1H3,(H,14,20)(H,16,17)(H,18,19). The summed E-state index contributed by atoms with van der Waals surface area (Å²) in [4.78, 5) is 33.5. The van der Waals surface area contributed by atoms with Gasteiger partial charge in [-0.2, -0.15) is 0 Å². The molecule has 0 heterocycles. The van der Waals surface area contributed by atoms with Crippen LogP contribution < -0.4 is 10.1 Å². The number of halogens is 1.